The number of rotatable bonds is 3. The number of nitrogens with zero attached hydrogens (tertiary/aromatic N) is 1. The predicted molar refractivity (Wildman–Crippen MR) is 197 cm³/mol. The summed E-state index contributed by atoms with van der Waals surface area (Å²) in [5, 5.41) is 7.93. The second-order valence-electron chi connectivity index (χ2n) is 11.8. The van der Waals surface area contributed by atoms with Crippen LogP contribution in [0.4, 0.5) is 0 Å². The Balaban J connectivity index is 1.13. The van der Waals surface area contributed by atoms with Crippen LogP contribution in [0.3, 0.4) is 0 Å². The van der Waals surface area contributed by atoms with Crippen molar-refractivity contribution in [2.45, 2.75) is 0 Å². The van der Waals surface area contributed by atoms with E-state index in [4.69, 9.17) is 0 Å². The minimum atomic E-state index is 1.21. The van der Waals surface area contributed by atoms with Crippen molar-refractivity contribution < 1.29 is 0 Å². The zero-order valence-electron chi connectivity index (χ0n) is 24.2. The van der Waals surface area contributed by atoms with E-state index in [-0.39, 0.29) is 0 Å². The van der Waals surface area contributed by atoms with E-state index >= 15 is 0 Å². The van der Waals surface area contributed by atoms with Gasteiger partial charge in [-0.25, -0.2) is 0 Å². The molecule has 1 nitrogen and oxygen atoms in total. The molecule has 0 spiro atoms. The lowest BCUT2D eigenvalue weighted by molar-refractivity contribution is 1.19. The number of fused-ring (bicyclic) bond motifs is 9. The third-order valence-corrected chi connectivity index (χ3v) is 11.5. The van der Waals surface area contributed by atoms with E-state index in [2.05, 4.69) is 156 Å². The van der Waals surface area contributed by atoms with E-state index in [0.29, 0.717) is 0 Å². The molecular weight excluding hydrogens is 583 g/mol. The molecule has 3 heteroatoms. The number of hydrogen-bond acceptors (Lipinski definition) is 2. The Morgan fingerprint density at radius 3 is 1.51 bits per heavy atom. The molecule has 3 heterocycles. The molecule has 3 aromatic heterocycles. The third-order valence-electron chi connectivity index (χ3n) is 9.19. The van der Waals surface area contributed by atoms with Gasteiger partial charge in [0.1, 0.15) is 0 Å². The van der Waals surface area contributed by atoms with Gasteiger partial charge in [-0.3, -0.25) is 0 Å². The van der Waals surface area contributed by atoms with Crippen LogP contribution < -0.4 is 0 Å². The maximum atomic E-state index is 2.43. The van der Waals surface area contributed by atoms with Crippen LogP contribution in [-0.2, 0) is 0 Å². The van der Waals surface area contributed by atoms with E-state index in [1.165, 1.54) is 90.1 Å². The highest BCUT2D eigenvalue weighted by Crippen LogP contribution is 2.44. The highest BCUT2D eigenvalue weighted by molar-refractivity contribution is 7.27. The van der Waals surface area contributed by atoms with E-state index in [0.717, 1.165) is 0 Å². The maximum absolute atomic E-state index is 2.43. The highest BCUT2D eigenvalue weighted by Gasteiger charge is 2.15. The van der Waals surface area contributed by atoms with Gasteiger partial charge in [0.15, 0.2) is 0 Å². The molecule has 0 bridgehead atoms. The van der Waals surface area contributed by atoms with Crippen LogP contribution in [0.2, 0.25) is 0 Å². The topological polar surface area (TPSA) is 4.93 Å². The summed E-state index contributed by atoms with van der Waals surface area (Å²) < 4.78 is 7.76. The SMILES string of the molecule is c1ccc(-c2cccc(-c3ccc4sc5cc6c(cc5c4c3)sc3ccc(-n4c5ccccc5c5ccccc54)cc36)c2)cc1. The largest absolute Gasteiger partial charge is 0.309 e. The van der Waals surface area contributed by atoms with Crippen molar-refractivity contribution in [2.24, 2.45) is 0 Å². The van der Waals surface area contributed by atoms with Gasteiger partial charge in [0, 0.05) is 56.8 Å². The second kappa shape index (κ2) is 9.64. The summed E-state index contributed by atoms with van der Waals surface area (Å²) in [5.41, 5.74) is 8.69. The smallest absolute Gasteiger partial charge is 0.0541 e. The summed E-state index contributed by atoms with van der Waals surface area (Å²) in [6.45, 7) is 0. The Hall–Kier alpha value is -5.22. The van der Waals surface area contributed by atoms with Crippen molar-refractivity contribution in [1.29, 1.82) is 0 Å². The monoisotopic (exact) mass is 607 g/mol. The van der Waals surface area contributed by atoms with Crippen molar-refractivity contribution >= 4 is 84.8 Å². The first-order valence-corrected chi connectivity index (χ1v) is 16.9. The summed E-state index contributed by atoms with van der Waals surface area (Å²) in [6, 6.07) is 55.8. The molecule has 0 radical (unpaired) electrons. The van der Waals surface area contributed by atoms with Crippen LogP contribution in [0.25, 0.3) is 90.1 Å². The fourth-order valence-electron chi connectivity index (χ4n) is 7.06. The fourth-order valence-corrected chi connectivity index (χ4v) is 9.28. The molecule has 10 rings (SSSR count). The van der Waals surface area contributed by atoms with Gasteiger partial charge in [0.25, 0.3) is 0 Å². The summed E-state index contributed by atoms with van der Waals surface area (Å²) in [6.07, 6.45) is 0. The summed E-state index contributed by atoms with van der Waals surface area (Å²) >= 11 is 3.79. The first kappa shape index (κ1) is 25.1. The summed E-state index contributed by atoms with van der Waals surface area (Å²) in [4.78, 5) is 0. The van der Waals surface area contributed by atoms with Crippen LogP contribution in [0, 0.1) is 0 Å². The molecule has 7 aromatic carbocycles. The van der Waals surface area contributed by atoms with E-state index < -0.39 is 0 Å². The third kappa shape index (κ3) is 3.85. The zero-order chi connectivity index (χ0) is 29.5. The maximum Gasteiger partial charge on any atom is 0.0541 e. The highest BCUT2D eigenvalue weighted by atomic mass is 32.1. The molecule has 45 heavy (non-hydrogen) atoms. The number of benzene rings is 7. The average Bonchev–Trinajstić information content (AvgIpc) is 3.76. The van der Waals surface area contributed by atoms with Crippen LogP contribution in [0.15, 0.2) is 152 Å². The second-order valence-corrected chi connectivity index (χ2v) is 13.9. The number of para-hydroxylation sites is 2. The Morgan fingerprint density at radius 1 is 0.311 bits per heavy atom. The van der Waals surface area contributed by atoms with Crippen LogP contribution in [0.1, 0.15) is 0 Å². The molecule has 210 valence electrons. The first-order valence-electron chi connectivity index (χ1n) is 15.3. The van der Waals surface area contributed by atoms with Crippen molar-refractivity contribution in [2.75, 3.05) is 0 Å². The molecule has 0 aliphatic rings. The van der Waals surface area contributed by atoms with Crippen molar-refractivity contribution in [3.63, 3.8) is 0 Å². The molecule has 0 unspecified atom stereocenters. The van der Waals surface area contributed by atoms with Crippen LogP contribution in [0.5, 0.6) is 0 Å². The molecule has 0 aliphatic carbocycles. The Kier molecular flexibility index (Phi) is 5.39. The molecule has 10 aromatic rings. The molecule has 0 fully saturated rings. The molecule has 0 amide bonds. The predicted octanol–water partition coefficient (Wildman–Crippen LogP) is 12.9. The number of thiophene rings is 2. The van der Waals surface area contributed by atoms with Gasteiger partial charge < -0.3 is 4.57 Å². The fraction of sp³-hybridized carbons (Fsp3) is 0. The van der Waals surface area contributed by atoms with Gasteiger partial charge >= 0.3 is 0 Å². The van der Waals surface area contributed by atoms with Gasteiger partial charge in [-0.1, -0.05) is 91.0 Å². The van der Waals surface area contributed by atoms with E-state index in [9.17, 15) is 0 Å². The van der Waals surface area contributed by atoms with E-state index in [1.807, 2.05) is 22.7 Å². The van der Waals surface area contributed by atoms with Crippen LogP contribution >= 0.6 is 22.7 Å². The zero-order valence-corrected chi connectivity index (χ0v) is 25.8. The van der Waals surface area contributed by atoms with Crippen molar-refractivity contribution in [3.05, 3.63) is 152 Å². The Bertz CT molecular complexity index is 2710. The standard InChI is InChI=1S/C42H25NS2/c1-2-9-26(10-3-1)27-11-8-12-28(21-27)29-17-19-39-33(22-29)35-24-42-36(25-41(35)44-39)34-23-30(18-20-40(34)45-42)43-37-15-6-4-13-31(37)32-14-5-7-16-38(32)43/h1-25H. The molecular formula is C42H25NS2. The van der Waals surface area contributed by atoms with Gasteiger partial charge in [0.2, 0.25) is 0 Å². The van der Waals surface area contributed by atoms with Gasteiger partial charge in [0.05, 0.1) is 11.0 Å². The Morgan fingerprint density at radius 2 is 0.822 bits per heavy atom. The molecule has 0 saturated carbocycles. The lowest BCUT2D eigenvalue weighted by Gasteiger charge is -2.08. The van der Waals surface area contributed by atoms with Crippen molar-refractivity contribution in [1.82, 2.24) is 4.57 Å². The van der Waals surface area contributed by atoms with E-state index in [1.54, 1.807) is 0 Å². The number of hydrogen-bond donors (Lipinski definition) is 0. The first-order chi connectivity index (χ1) is 22.3. The molecule has 0 N–H and O–H groups in total. The minimum Gasteiger partial charge on any atom is -0.309 e. The lowest BCUT2D eigenvalue weighted by atomic mass is 9.98. The minimum absolute atomic E-state index is 1.21. The molecule has 0 saturated heterocycles. The average molecular weight is 608 g/mol. The summed E-state index contributed by atoms with van der Waals surface area (Å²) in [5.74, 6) is 0. The lowest BCUT2D eigenvalue weighted by Crippen LogP contribution is -1.93. The summed E-state index contributed by atoms with van der Waals surface area (Å²) in [7, 11) is 0. The van der Waals surface area contributed by atoms with Gasteiger partial charge in [-0.15, -0.1) is 22.7 Å². The Labute approximate surface area is 267 Å². The molecule has 0 atom stereocenters. The normalized spacial score (nSPS) is 12.0. The van der Waals surface area contributed by atoms with Crippen LogP contribution in [-0.4, -0.2) is 4.57 Å². The molecule has 0 aliphatic heterocycles. The van der Waals surface area contributed by atoms with Gasteiger partial charge in [-0.05, 0) is 82.9 Å². The van der Waals surface area contributed by atoms with Crippen molar-refractivity contribution in [3.8, 4) is 27.9 Å². The van der Waals surface area contributed by atoms with Gasteiger partial charge in [-0.2, -0.15) is 0 Å². The number of aromatic nitrogens is 1. The quantitative estimate of drug-likeness (QED) is 0.188.